The molecule has 0 saturated carbocycles. The summed E-state index contributed by atoms with van der Waals surface area (Å²) in [6.07, 6.45) is 0. The molecule has 0 saturated heterocycles. The van der Waals surface area contributed by atoms with E-state index < -0.39 is 0 Å². The highest BCUT2D eigenvalue weighted by atomic mass is 14.1. The van der Waals surface area contributed by atoms with E-state index in [0.717, 1.165) is 0 Å². The molecule has 0 amide bonds. The van der Waals surface area contributed by atoms with Gasteiger partial charge in [-0.15, -0.1) is 0 Å². The van der Waals surface area contributed by atoms with Crippen molar-refractivity contribution in [1.29, 1.82) is 0 Å². The second-order valence-corrected chi connectivity index (χ2v) is 7.71. The van der Waals surface area contributed by atoms with Crippen LogP contribution < -0.4 is 0 Å². The van der Waals surface area contributed by atoms with Gasteiger partial charge in [-0.25, -0.2) is 0 Å². The van der Waals surface area contributed by atoms with Crippen LogP contribution in [0.1, 0.15) is 11.1 Å². The lowest BCUT2D eigenvalue weighted by Gasteiger charge is -2.09. The largest absolute Gasteiger partial charge is 0.0610 e. The lowest BCUT2D eigenvalue weighted by Crippen LogP contribution is -1.84. The van der Waals surface area contributed by atoms with Crippen molar-refractivity contribution < 1.29 is 0 Å². The van der Waals surface area contributed by atoms with Gasteiger partial charge in [-0.1, -0.05) is 90.0 Å². The lowest BCUT2D eigenvalue weighted by molar-refractivity contribution is 1.50. The minimum absolute atomic E-state index is 1.25. The number of hydrogen-bond donors (Lipinski definition) is 0. The number of fused-ring (bicyclic) bond motifs is 2. The highest BCUT2D eigenvalue weighted by Gasteiger charge is 2.05. The van der Waals surface area contributed by atoms with E-state index in [4.69, 9.17) is 0 Å². The van der Waals surface area contributed by atoms with Crippen molar-refractivity contribution in [3.8, 4) is 22.3 Å². The first kappa shape index (κ1) is 16.8. The first-order valence-electron chi connectivity index (χ1n) is 9.77. The molecule has 5 aromatic rings. The molecule has 0 aliphatic heterocycles. The molecule has 0 nitrogen and oxygen atoms in total. The normalized spacial score (nSPS) is 11.2. The van der Waals surface area contributed by atoms with Crippen LogP contribution >= 0.6 is 0 Å². The van der Waals surface area contributed by atoms with Crippen LogP contribution in [0.5, 0.6) is 0 Å². The van der Waals surface area contributed by atoms with Gasteiger partial charge in [0.15, 0.2) is 0 Å². The lowest BCUT2D eigenvalue weighted by atomic mass is 9.95. The van der Waals surface area contributed by atoms with Crippen LogP contribution in [0.3, 0.4) is 0 Å². The number of rotatable bonds is 2. The van der Waals surface area contributed by atoms with Gasteiger partial charge in [0.25, 0.3) is 0 Å². The average Bonchev–Trinajstić information content (AvgIpc) is 2.73. The van der Waals surface area contributed by atoms with E-state index in [0.29, 0.717) is 0 Å². The summed E-state index contributed by atoms with van der Waals surface area (Å²) in [5.74, 6) is 0. The Bertz CT molecular complexity index is 1220. The van der Waals surface area contributed by atoms with Crippen molar-refractivity contribution in [1.82, 2.24) is 0 Å². The first-order valence-corrected chi connectivity index (χ1v) is 9.77. The van der Waals surface area contributed by atoms with Gasteiger partial charge in [-0.05, 0) is 75.8 Å². The Labute approximate surface area is 166 Å². The molecule has 5 rings (SSSR count). The molecule has 0 fully saturated rings. The highest BCUT2D eigenvalue weighted by Crippen LogP contribution is 2.30. The molecule has 0 bridgehead atoms. The van der Waals surface area contributed by atoms with Gasteiger partial charge < -0.3 is 0 Å². The quantitative estimate of drug-likeness (QED) is 0.300. The molecule has 0 atom stereocenters. The topological polar surface area (TPSA) is 0 Å². The molecule has 0 aromatic heterocycles. The van der Waals surface area contributed by atoms with Gasteiger partial charge in [0.1, 0.15) is 0 Å². The summed E-state index contributed by atoms with van der Waals surface area (Å²) < 4.78 is 0. The van der Waals surface area contributed by atoms with Crippen LogP contribution in [0.15, 0.2) is 97.1 Å². The molecule has 0 aliphatic carbocycles. The van der Waals surface area contributed by atoms with Gasteiger partial charge in [-0.3, -0.25) is 0 Å². The molecule has 0 spiro atoms. The Morgan fingerprint density at radius 3 is 1.25 bits per heavy atom. The van der Waals surface area contributed by atoms with Crippen LogP contribution in [0.4, 0.5) is 0 Å². The Balaban J connectivity index is 1.58. The van der Waals surface area contributed by atoms with Crippen LogP contribution in [0.25, 0.3) is 43.8 Å². The molecule has 134 valence electrons. The van der Waals surface area contributed by atoms with Crippen LogP contribution in [0, 0.1) is 13.8 Å². The molecule has 0 radical (unpaired) electrons. The van der Waals surface area contributed by atoms with E-state index >= 15 is 0 Å². The summed E-state index contributed by atoms with van der Waals surface area (Å²) in [4.78, 5) is 0. The van der Waals surface area contributed by atoms with Crippen LogP contribution in [-0.2, 0) is 0 Å². The zero-order valence-corrected chi connectivity index (χ0v) is 16.2. The third kappa shape index (κ3) is 3.08. The summed E-state index contributed by atoms with van der Waals surface area (Å²) in [5, 5.41) is 5.17. The van der Waals surface area contributed by atoms with Gasteiger partial charge >= 0.3 is 0 Å². The first-order chi connectivity index (χ1) is 13.7. The molecule has 28 heavy (non-hydrogen) atoms. The van der Waals surface area contributed by atoms with Crippen molar-refractivity contribution in [2.24, 2.45) is 0 Å². The minimum atomic E-state index is 1.25. The van der Waals surface area contributed by atoms with E-state index in [1.165, 1.54) is 54.9 Å². The fourth-order valence-electron chi connectivity index (χ4n) is 3.97. The second kappa shape index (κ2) is 6.65. The number of aryl methyl sites for hydroxylation is 2. The predicted molar refractivity (Wildman–Crippen MR) is 122 cm³/mol. The Morgan fingerprint density at radius 1 is 0.357 bits per heavy atom. The summed E-state index contributed by atoms with van der Waals surface area (Å²) >= 11 is 0. The van der Waals surface area contributed by atoms with Gasteiger partial charge in [0.2, 0.25) is 0 Å². The Kier molecular flexibility index (Phi) is 3.98. The molecule has 0 heterocycles. The molecular formula is C28H22. The van der Waals surface area contributed by atoms with E-state index in [2.05, 4.69) is 111 Å². The maximum atomic E-state index is 2.30. The Morgan fingerprint density at radius 2 is 0.750 bits per heavy atom. The minimum Gasteiger partial charge on any atom is -0.0610 e. The van der Waals surface area contributed by atoms with Crippen molar-refractivity contribution >= 4 is 21.5 Å². The summed E-state index contributed by atoms with van der Waals surface area (Å²) in [6, 6.07) is 35.6. The molecule has 0 aliphatic rings. The molecule has 0 heteroatoms. The summed E-state index contributed by atoms with van der Waals surface area (Å²) in [5.41, 5.74) is 7.62. The average molecular weight is 358 g/mol. The van der Waals surface area contributed by atoms with Crippen molar-refractivity contribution in [2.75, 3.05) is 0 Å². The van der Waals surface area contributed by atoms with Gasteiger partial charge in [0.05, 0.1) is 0 Å². The monoisotopic (exact) mass is 358 g/mol. The second-order valence-electron chi connectivity index (χ2n) is 7.71. The molecular weight excluding hydrogens is 336 g/mol. The maximum Gasteiger partial charge on any atom is -0.0177 e. The van der Waals surface area contributed by atoms with Crippen molar-refractivity contribution in [2.45, 2.75) is 13.8 Å². The van der Waals surface area contributed by atoms with Crippen molar-refractivity contribution in [3.63, 3.8) is 0 Å². The standard InChI is InChI=1S/C28H22/c1-19-6-8-25-17-27(12-10-23(25)14-19)21-4-3-5-22(16-21)28-13-11-24-15-20(2)7-9-26(24)18-28/h3-18H,1-2H3. The number of hydrogen-bond acceptors (Lipinski definition) is 0. The maximum absolute atomic E-state index is 2.30. The van der Waals surface area contributed by atoms with E-state index in [1.54, 1.807) is 0 Å². The van der Waals surface area contributed by atoms with Crippen molar-refractivity contribution in [3.05, 3.63) is 108 Å². The van der Waals surface area contributed by atoms with E-state index in [9.17, 15) is 0 Å². The third-order valence-electron chi connectivity index (χ3n) is 5.52. The summed E-state index contributed by atoms with van der Waals surface area (Å²) in [6.45, 7) is 4.28. The molecule has 5 aromatic carbocycles. The zero-order valence-electron chi connectivity index (χ0n) is 16.2. The highest BCUT2D eigenvalue weighted by molar-refractivity contribution is 5.90. The Hall–Kier alpha value is -3.38. The van der Waals surface area contributed by atoms with E-state index in [-0.39, 0.29) is 0 Å². The SMILES string of the molecule is Cc1ccc2cc(-c3cccc(-c4ccc5cc(C)ccc5c4)c3)ccc2c1. The zero-order chi connectivity index (χ0) is 19.1. The van der Waals surface area contributed by atoms with Crippen LogP contribution in [0.2, 0.25) is 0 Å². The van der Waals surface area contributed by atoms with Gasteiger partial charge in [0, 0.05) is 0 Å². The third-order valence-corrected chi connectivity index (χ3v) is 5.52. The predicted octanol–water partition coefficient (Wildman–Crippen LogP) is 7.94. The van der Waals surface area contributed by atoms with Gasteiger partial charge in [-0.2, -0.15) is 0 Å². The summed E-state index contributed by atoms with van der Waals surface area (Å²) in [7, 11) is 0. The molecule has 0 unspecified atom stereocenters. The fourth-order valence-corrected chi connectivity index (χ4v) is 3.97. The number of benzene rings is 5. The molecule has 0 N–H and O–H groups in total. The smallest absolute Gasteiger partial charge is 0.0177 e. The fraction of sp³-hybridized carbons (Fsp3) is 0.0714. The van der Waals surface area contributed by atoms with Crippen LogP contribution in [-0.4, -0.2) is 0 Å². The van der Waals surface area contributed by atoms with E-state index in [1.807, 2.05) is 0 Å².